The van der Waals surface area contributed by atoms with Gasteiger partial charge >= 0.3 is 0 Å². The molecule has 2 heterocycles. The van der Waals surface area contributed by atoms with Crippen molar-refractivity contribution in [2.24, 2.45) is 0 Å². The third-order valence-corrected chi connectivity index (χ3v) is 5.19. The van der Waals surface area contributed by atoms with E-state index in [4.69, 9.17) is 0 Å². The Morgan fingerprint density at radius 2 is 1.89 bits per heavy atom. The summed E-state index contributed by atoms with van der Waals surface area (Å²) in [6, 6.07) is 3.71. The van der Waals surface area contributed by atoms with Crippen molar-refractivity contribution >= 4 is 45.6 Å². The van der Waals surface area contributed by atoms with Gasteiger partial charge in [-0.3, -0.25) is 14.0 Å². The lowest BCUT2D eigenvalue weighted by atomic mass is 10.1. The number of rotatable bonds is 4. The fourth-order valence-corrected chi connectivity index (χ4v) is 3.84. The molecule has 0 bridgehead atoms. The molecule has 2 N–H and O–H groups in total. The fraction of sp³-hybridized carbons (Fsp3) is 0.250. The van der Waals surface area contributed by atoms with Gasteiger partial charge in [-0.2, -0.15) is 0 Å². The number of amides is 2. The highest BCUT2D eigenvalue weighted by molar-refractivity contribution is 7.17. The maximum Gasteiger partial charge on any atom is 0.248 e. The van der Waals surface area contributed by atoms with E-state index in [1.54, 1.807) is 17.4 Å². The first-order chi connectivity index (χ1) is 12.8. The molecule has 0 saturated carbocycles. The molecule has 2 aromatic heterocycles. The van der Waals surface area contributed by atoms with Crippen molar-refractivity contribution < 1.29 is 9.59 Å². The van der Waals surface area contributed by atoms with Crippen LogP contribution < -0.4 is 10.6 Å². The quantitative estimate of drug-likeness (QED) is 0.663. The van der Waals surface area contributed by atoms with Crippen LogP contribution in [0.2, 0.25) is 0 Å². The number of aromatic nitrogens is 2. The summed E-state index contributed by atoms with van der Waals surface area (Å²) >= 11 is 1.62. The number of hydrogen-bond donors (Lipinski definition) is 2. The Morgan fingerprint density at radius 1 is 1.15 bits per heavy atom. The molecular weight excluding hydrogens is 360 g/mol. The average molecular weight is 382 g/mol. The summed E-state index contributed by atoms with van der Waals surface area (Å²) in [7, 11) is 0. The minimum absolute atomic E-state index is 0.143. The summed E-state index contributed by atoms with van der Waals surface area (Å²) in [6.07, 6.45) is 5.29. The summed E-state index contributed by atoms with van der Waals surface area (Å²) in [6.45, 7) is 9.21. The molecule has 0 unspecified atom stereocenters. The molecule has 0 aliphatic heterocycles. The maximum atomic E-state index is 12.4. The number of anilines is 2. The lowest BCUT2D eigenvalue weighted by Crippen LogP contribution is -2.13. The van der Waals surface area contributed by atoms with Crippen LogP contribution in [0.1, 0.15) is 34.3 Å². The number of benzene rings is 1. The lowest BCUT2D eigenvalue weighted by molar-refractivity contribution is -0.114. The Hall–Kier alpha value is -2.93. The summed E-state index contributed by atoms with van der Waals surface area (Å²) in [4.78, 5) is 30.4. The molecule has 3 rings (SSSR count). The van der Waals surface area contributed by atoms with E-state index in [1.165, 1.54) is 13.0 Å². The van der Waals surface area contributed by atoms with Crippen molar-refractivity contribution in [3.63, 3.8) is 0 Å². The van der Waals surface area contributed by atoms with Crippen LogP contribution in [-0.4, -0.2) is 21.2 Å². The van der Waals surface area contributed by atoms with Crippen LogP contribution in [0.25, 0.3) is 11.0 Å². The molecule has 27 heavy (non-hydrogen) atoms. The van der Waals surface area contributed by atoms with Crippen molar-refractivity contribution in [3.05, 3.63) is 51.8 Å². The second kappa shape index (κ2) is 7.36. The predicted molar refractivity (Wildman–Crippen MR) is 110 cm³/mol. The minimum Gasteiger partial charge on any atom is -0.326 e. The Bertz CT molecular complexity index is 1080. The van der Waals surface area contributed by atoms with Crippen molar-refractivity contribution in [2.75, 3.05) is 10.6 Å². The Morgan fingerprint density at radius 3 is 2.59 bits per heavy atom. The van der Waals surface area contributed by atoms with Crippen LogP contribution in [0.5, 0.6) is 0 Å². The number of aryl methyl sites for hydroxylation is 3. The van der Waals surface area contributed by atoms with Crippen molar-refractivity contribution in [1.29, 1.82) is 0 Å². The molecule has 0 atom stereocenters. The topological polar surface area (TPSA) is 75.5 Å². The SMILES string of the molecule is CC(=O)Nc1c(C)ccc(NC(=O)/C=C/c2c(C)nc3sc(C)cn23)c1C. The van der Waals surface area contributed by atoms with E-state index in [1.807, 2.05) is 50.4 Å². The van der Waals surface area contributed by atoms with Crippen LogP contribution in [0, 0.1) is 27.7 Å². The molecule has 0 radical (unpaired) electrons. The average Bonchev–Trinajstić information content (AvgIpc) is 3.07. The van der Waals surface area contributed by atoms with Crippen LogP contribution in [0.15, 0.2) is 24.4 Å². The molecule has 0 saturated heterocycles. The summed E-state index contributed by atoms with van der Waals surface area (Å²) in [5, 5.41) is 5.70. The fourth-order valence-electron chi connectivity index (χ4n) is 2.96. The number of nitrogens with one attached hydrogen (secondary N) is 2. The predicted octanol–water partition coefficient (Wildman–Crippen LogP) is 4.24. The van der Waals surface area contributed by atoms with Crippen LogP contribution >= 0.6 is 11.3 Å². The summed E-state index contributed by atoms with van der Waals surface area (Å²) < 4.78 is 1.99. The van der Waals surface area contributed by atoms with Gasteiger partial charge in [-0.05, 0) is 51.0 Å². The van der Waals surface area contributed by atoms with Crippen LogP contribution in [0.3, 0.4) is 0 Å². The van der Waals surface area contributed by atoms with E-state index < -0.39 is 0 Å². The smallest absolute Gasteiger partial charge is 0.248 e. The number of carbonyl (C=O) groups excluding carboxylic acids is 2. The highest BCUT2D eigenvalue weighted by Gasteiger charge is 2.11. The van der Waals surface area contributed by atoms with Crippen LogP contribution in [-0.2, 0) is 9.59 Å². The van der Waals surface area contributed by atoms with Gasteiger partial charge in [0.05, 0.1) is 11.4 Å². The van der Waals surface area contributed by atoms with Gasteiger partial charge < -0.3 is 10.6 Å². The zero-order chi connectivity index (χ0) is 19.7. The normalized spacial score (nSPS) is 11.3. The second-order valence-electron chi connectivity index (χ2n) is 6.51. The van der Waals surface area contributed by atoms with Gasteiger partial charge in [-0.1, -0.05) is 6.07 Å². The van der Waals surface area contributed by atoms with Crippen molar-refractivity contribution in [2.45, 2.75) is 34.6 Å². The third-order valence-electron chi connectivity index (χ3n) is 4.29. The first kappa shape index (κ1) is 18.8. The van der Waals surface area contributed by atoms with E-state index in [2.05, 4.69) is 15.6 Å². The van der Waals surface area contributed by atoms with Crippen molar-refractivity contribution in [1.82, 2.24) is 9.38 Å². The van der Waals surface area contributed by atoms with Gasteiger partial charge in [0.25, 0.3) is 0 Å². The Kier molecular flexibility index (Phi) is 5.14. The molecular formula is C20H22N4O2S. The molecule has 7 heteroatoms. The Labute approximate surface area is 161 Å². The molecule has 0 fully saturated rings. The standard InChI is InChI=1S/C20H22N4O2S/c1-11-6-7-16(13(3)19(11)22-15(5)25)23-18(26)9-8-17-14(4)21-20-24(17)10-12(2)27-20/h6-10H,1-5H3,(H,22,25)(H,23,26)/b9-8+. The van der Waals surface area contributed by atoms with Gasteiger partial charge in [0.1, 0.15) is 0 Å². The largest absolute Gasteiger partial charge is 0.326 e. The number of thiazole rings is 1. The third kappa shape index (κ3) is 3.93. The molecule has 2 amide bonds. The number of hydrogen-bond acceptors (Lipinski definition) is 4. The zero-order valence-electron chi connectivity index (χ0n) is 16.0. The summed E-state index contributed by atoms with van der Waals surface area (Å²) in [5.74, 6) is -0.382. The summed E-state index contributed by atoms with van der Waals surface area (Å²) in [5.41, 5.74) is 4.94. The second-order valence-corrected chi connectivity index (χ2v) is 7.72. The van der Waals surface area contributed by atoms with Crippen molar-refractivity contribution in [3.8, 4) is 0 Å². The van der Waals surface area contributed by atoms with Gasteiger partial charge in [0, 0.05) is 35.4 Å². The highest BCUT2D eigenvalue weighted by Crippen LogP contribution is 2.27. The highest BCUT2D eigenvalue weighted by atomic mass is 32.1. The number of fused-ring (bicyclic) bond motifs is 1. The number of carbonyl (C=O) groups is 2. The molecule has 3 aromatic rings. The van der Waals surface area contributed by atoms with E-state index >= 15 is 0 Å². The first-order valence-corrected chi connectivity index (χ1v) is 9.40. The lowest BCUT2D eigenvalue weighted by Gasteiger charge is -2.14. The van der Waals surface area contributed by atoms with Gasteiger partial charge in [0.15, 0.2) is 4.96 Å². The monoisotopic (exact) mass is 382 g/mol. The van der Waals surface area contributed by atoms with Gasteiger partial charge in [0.2, 0.25) is 11.8 Å². The van der Waals surface area contributed by atoms with E-state index in [9.17, 15) is 9.59 Å². The minimum atomic E-state index is -0.239. The maximum absolute atomic E-state index is 12.4. The van der Waals surface area contributed by atoms with E-state index in [-0.39, 0.29) is 11.8 Å². The molecule has 0 aliphatic rings. The van der Waals surface area contributed by atoms with Gasteiger partial charge in [-0.15, -0.1) is 11.3 Å². The zero-order valence-corrected chi connectivity index (χ0v) is 16.8. The van der Waals surface area contributed by atoms with Gasteiger partial charge in [-0.25, -0.2) is 4.98 Å². The molecule has 140 valence electrons. The molecule has 6 nitrogen and oxygen atoms in total. The van der Waals surface area contributed by atoms with Crippen LogP contribution in [0.4, 0.5) is 11.4 Å². The number of nitrogens with zero attached hydrogens (tertiary/aromatic N) is 2. The Balaban J connectivity index is 1.82. The number of imidazole rings is 1. The first-order valence-electron chi connectivity index (χ1n) is 8.58. The van der Waals surface area contributed by atoms with E-state index in [0.717, 1.165) is 38.0 Å². The van der Waals surface area contributed by atoms with E-state index in [0.29, 0.717) is 5.69 Å². The molecule has 0 spiro atoms. The molecule has 1 aromatic carbocycles. The molecule has 0 aliphatic carbocycles.